The normalized spacial score (nSPS) is 15.4. The monoisotopic (exact) mass is 304 g/mol. The number of hydrogen-bond acceptors (Lipinski definition) is 4. The molecular weight excluding hydrogens is 288 g/mol. The molecule has 5 nitrogen and oxygen atoms in total. The highest BCUT2D eigenvalue weighted by Gasteiger charge is 2.13. The quantitative estimate of drug-likeness (QED) is 0.511. The van der Waals surface area contributed by atoms with Gasteiger partial charge in [-0.1, -0.05) is 11.6 Å². The van der Waals surface area contributed by atoms with Gasteiger partial charge in [-0.05, 0) is 37.5 Å². The fourth-order valence-electron chi connectivity index (χ4n) is 2.17. The summed E-state index contributed by atoms with van der Waals surface area (Å²) in [5, 5.41) is 12.2. The van der Waals surface area contributed by atoms with E-state index in [0.29, 0.717) is 16.4 Å². The van der Waals surface area contributed by atoms with Gasteiger partial charge in [0.15, 0.2) is 0 Å². The molecule has 110 valence electrons. The molecule has 3 N–H and O–H groups in total. The van der Waals surface area contributed by atoms with Gasteiger partial charge in [-0.15, -0.1) is 0 Å². The lowest BCUT2D eigenvalue weighted by molar-refractivity contribution is -0.112. The van der Waals surface area contributed by atoms with Crippen LogP contribution >= 0.6 is 11.6 Å². The molecule has 0 saturated carbocycles. The number of likely N-dealkylation sites (tertiary alicyclic amines) is 1. The minimum absolute atomic E-state index is 0.0878. The number of anilines is 2. The molecule has 0 bridgehead atoms. The molecule has 0 aromatic heterocycles. The number of nitrogens with two attached hydrogens (primary N) is 1. The number of nitriles is 1. The van der Waals surface area contributed by atoms with Crippen LogP contribution in [0.15, 0.2) is 30.0 Å². The van der Waals surface area contributed by atoms with Gasteiger partial charge in [0.2, 0.25) is 0 Å². The second-order valence-electron chi connectivity index (χ2n) is 4.94. The highest BCUT2D eigenvalue weighted by atomic mass is 35.5. The Morgan fingerprint density at radius 2 is 2.10 bits per heavy atom. The van der Waals surface area contributed by atoms with Gasteiger partial charge in [-0.2, -0.15) is 5.26 Å². The van der Waals surface area contributed by atoms with Crippen LogP contribution in [0.2, 0.25) is 5.02 Å². The number of nitrogen functional groups attached to an aromatic ring is 1. The van der Waals surface area contributed by atoms with Crippen LogP contribution in [0.4, 0.5) is 11.4 Å². The van der Waals surface area contributed by atoms with Crippen LogP contribution in [0, 0.1) is 11.3 Å². The summed E-state index contributed by atoms with van der Waals surface area (Å²) in [6, 6.07) is 6.76. The molecule has 1 aromatic rings. The summed E-state index contributed by atoms with van der Waals surface area (Å²) < 4.78 is 0. The smallest absolute Gasteiger partial charge is 0.267 e. The maximum atomic E-state index is 12.1. The number of piperidine rings is 1. The summed E-state index contributed by atoms with van der Waals surface area (Å²) in [4.78, 5) is 14.1. The van der Waals surface area contributed by atoms with Gasteiger partial charge in [0.25, 0.3) is 5.91 Å². The maximum absolute atomic E-state index is 12.1. The van der Waals surface area contributed by atoms with Gasteiger partial charge in [-0.3, -0.25) is 4.79 Å². The van der Waals surface area contributed by atoms with Crippen molar-refractivity contribution in [3.05, 3.63) is 35.0 Å². The van der Waals surface area contributed by atoms with Crippen molar-refractivity contribution < 1.29 is 4.79 Å². The predicted molar refractivity (Wildman–Crippen MR) is 83.6 cm³/mol. The Balaban J connectivity index is 2.07. The number of rotatable bonds is 3. The van der Waals surface area contributed by atoms with E-state index in [-0.39, 0.29) is 5.57 Å². The molecule has 1 fully saturated rings. The Hall–Kier alpha value is -2.19. The van der Waals surface area contributed by atoms with E-state index in [1.807, 2.05) is 11.0 Å². The molecule has 1 saturated heterocycles. The van der Waals surface area contributed by atoms with Crippen molar-refractivity contribution in [2.75, 3.05) is 24.1 Å². The number of amides is 1. The summed E-state index contributed by atoms with van der Waals surface area (Å²) in [6.07, 6.45) is 5.00. The van der Waals surface area contributed by atoms with Crippen LogP contribution in [-0.4, -0.2) is 23.9 Å². The molecule has 0 atom stereocenters. The Morgan fingerprint density at radius 1 is 1.38 bits per heavy atom. The van der Waals surface area contributed by atoms with Gasteiger partial charge < -0.3 is 16.0 Å². The van der Waals surface area contributed by atoms with Crippen LogP contribution in [0.25, 0.3) is 0 Å². The molecule has 1 amide bonds. The molecule has 1 aromatic carbocycles. The highest BCUT2D eigenvalue weighted by molar-refractivity contribution is 6.33. The molecule has 1 heterocycles. The van der Waals surface area contributed by atoms with E-state index in [4.69, 9.17) is 22.6 Å². The van der Waals surface area contributed by atoms with Gasteiger partial charge in [0.1, 0.15) is 11.6 Å². The lowest BCUT2D eigenvalue weighted by Crippen LogP contribution is -2.26. The zero-order valence-electron chi connectivity index (χ0n) is 11.6. The minimum Gasteiger partial charge on any atom is -0.398 e. The van der Waals surface area contributed by atoms with E-state index >= 15 is 0 Å². The molecule has 21 heavy (non-hydrogen) atoms. The zero-order chi connectivity index (χ0) is 15.2. The first kappa shape index (κ1) is 15.2. The van der Waals surface area contributed by atoms with Crippen molar-refractivity contribution in [3.63, 3.8) is 0 Å². The van der Waals surface area contributed by atoms with Gasteiger partial charge >= 0.3 is 0 Å². The minimum atomic E-state index is -0.441. The highest BCUT2D eigenvalue weighted by Crippen LogP contribution is 2.23. The van der Waals surface area contributed by atoms with E-state index < -0.39 is 5.91 Å². The summed E-state index contributed by atoms with van der Waals surface area (Å²) in [7, 11) is 0. The number of hydrogen-bond donors (Lipinski definition) is 2. The summed E-state index contributed by atoms with van der Waals surface area (Å²) in [5.74, 6) is -0.441. The standard InChI is InChI=1S/C15H17ClN4O/c16-13-8-12(4-5-14(13)18)19-15(21)11(9-17)10-20-6-2-1-3-7-20/h4-5,8,10H,1-3,6-7,18H2,(H,19,21)/b11-10-. The molecule has 2 rings (SSSR count). The topological polar surface area (TPSA) is 82.2 Å². The average Bonchev–Trinajstić information content (AvgIpc) is 2.49. The lowest BCUT2D eigenvalue weighted by atomic mass is 10.1. The van der Waals surface area contributed by atoms with Crippen LogP contribution in [0.1, 0.15) is 19.3 Å². The van der Waals surface area contributed by atoms with Gasteiger partial charge in [0, 0.05) is 25.0 Å². The van der Waals surface area contributed by atoms with E-state index in [9.17, 15) is 4.79 Å². The SMILES string of the molecule is N#C/C(=C/N1CCCCC1)C(=O)Nc1ccc(N)c(Cl)c1. The third-order valence-electron chi connectivity index (χ3n) is 3.33. The fraction of sp³-hybridized carbons (Fsp3) is 0.333. The second-order valence-corrected chi connectivity index (χ2v) is 5.35. The number of benzene rings is 1. The molecule has 6 heteroatoms. The third kappa shape index (κ3) is 4.14. The van der Waals surface area contributed by atoms with Crippen molar-refractivity contribution in [2.24, 2.45) is 0 Å². The number of nitrogens with zero attached hydrogens (tertiary/aromatic N) is 2. The van der Waals surface area contributed by atoms with Crippen molar-refractivity contribution >= 4 is 28.9 Å². The van der Waals surface area contributed by atoms with Crippen LogP contribution < -0.4 is 11.1 Å². The average molecular weight is 305 g/mol. The molecule has 1 aliphatic heterocycles. The lowest BCUT2D eigenvalue weighted by Gasteiger charge is -2.25. The molecule has 0 radical (unpaired) electrons. The summed E-state index contributed by atoms with van der Waals surface area (Å²) in [6.45, 7) is 1.76. The Bertz CT molecular complexity index is 600. The Morgan fingerprint density at radius 3 is 2.71 bits per heavy atom. The summed E-state index contributed by atoms with van der Waals surface area (Å²) in [5.41, 5.74) is 6.66. The number of halogens is 1. The molecule has 0 unspecified atom stereocenters. The van der Waals surface area contributed by atoms with E-state index in [1.165, 1.54) is 6.42 Å². The van der Waals surface area contributed by atoms with E-state index in [2.05, 4.69) is 5.32 Å². The van der Waals surface area contributed by atoms with Crippen molar-refractivity contribution in [1.82, 2.24) is 4.90 Å². The summed E-state index contributed by atoms with van der Waals surface area (Å²) >= 11 is 5.90. The van der Waals surface area contributed by atoms with Crippen molar-refractivity contribution in [1.29, 1.82) is 5.26 Å². The first-order valence-corrected chi connectivity index (χ1v) is 7.20. The Kier molecular flexibility index (Phi) is 5.07. The third-order valence-corrected chi connectivity index (χ3v) is 3.65. The second kappa shape index (κ2) is 7.00. The Labute approximate surface area is 129 Å². The molecule has 0 aliphatic carbocycles. The zero-order valence-corrected chi connectivity index (χ0v) is 12.4. The first-order chi connectivity index (χ1) is 10.1. The van der Waals surface area contributed by atoms with Crippen molar-refractivity contribution in [2.45, 2.75) is 19.3 Å². The number of carbonyl (C=O) groups is 1. The maximum Gasteiger partial charge on any atom is 0.267 e. The first-order valence-electron chi connectivity index (χ1n) is 6.82. The molecular formula is C15H17ClN4O. The van der Waals surface area contributed by atoms with Crippen LogP contribution in [-0.2, 0) is 4.79 Å². The number of carbonyl (C=O) groups excluding carboxylic acids is 1. The van der Waals surface area contributed by atoms with E-state index in [1.54, 1.807) is 24.4 Å². The van der Waals surface area contributed by atoms with Crippen LogP contribution in [0.5, 0.6) is 0 Å². The van der Waals surface area contributed by atoms with Gasteiger partial charge in [-0.25, -0.2) is 0 Å². The predicted octanol–water partition coefficient (Wildman–Crippen LogP) is 2.75. The fourth-order valence-corrected chi connectivity index (χ4v) is 2.35. The van der Waals surface area contributed by atoms with Gasteiger partial charge in [0.05, 0.1) is 10.7 Å². The number of nitrogens with one attached hydrogen (secondary N) is 1. The molecule has 1 aliphatic rings. The van der Waals surface area contributed by atoms with E-state index in [0.717, 1.165) is 25.9 Å². The molecule has 0 spiro atoms. The van der Waals surface area contributed by atoms with Crippen LogP contribution in [0.3, 0.4) is 0 Å². The van der Waals surface area contributed by atoms with Crippen molar-refractivity contribution in [3.8, 4) is 6.07 Å². The largest absolute Gasteiger partial charge is 0.398 e.